The van der Waals surface area contributed by atoms with Crippen LogP contribution in [0, 0.1) is 11.3 Å². The predicted octanol–water partition coefficient (Wildman–Crippen LogP) is 3.51. The molecular formula is C17H24N2OS. The van der Waals surface area contributed by atoms with Gasteiger partial charge in [0.2, 0.25) is 0 Å². The van der Waals surface area contributed by atoms with Gasteiger partial charge in [0.1, 0.15) is 0 Å². The summed E-state index contributed by atoms with van der Waals surface area (Å²) in [6.07, 6.45) is 2.23. The van der Waals surface area contributed by atoms with Gasteiger partial charge in [0.25, 0.3) is 0 Å². The summed E-state index contributed by atoms with van der Waals surface area (Å²) in [4.78, 5) is 0. The van der Waals surface area contributed by atoms with Gasteiger partial charge < -0.3 is 10.1 Å². The molecule has 21 heavy (non-hydrogen) atoms. The fraction of sp³-hybridized carbons (Fsp3) is 0.588. The van der Waals surface area contributed by atoms with Crippen molar-refractivity contribution in [1.29, 1.82) is 5.26 Å². The number of rotatable bonds is 6. The summed E-state index contributed by atoms with van der Waals surface area (Å²) in [6.45, 7) is 7.12. The van der Waals surface area contributed by atoms with Crippen LogP contribution in [0.25, 0.3) is 0 Å². The lowest BCUT2D eigenvalue weighted by molar-refractivity contribution is 0.0766. The molecule has 4 heteroatoms. The molecule has 1 heterocycles. The lowest BCUT2D eigenvalue weighted by Gasteiger charge is -2.37. The smallest absolute Gasteiger partial charge is 0.0991 e. The summed E-state index contributed by atoms with van der Waals surface area (Å²) in [5.41, 5.74) is 1.91. The Morgan fingerprint density at radius 3 is 2.86 bits per heavy atom. The Bertz CT molecular complexity index is 486. The van der Waals surface area contributed by atoms with Crippen molar-refractivity contribution in [1.82, 2.24) is 5.32 Å². The van der Waals surface area contributed by atoms with Crippen LogP contribution < -0.4 is 5.32 Å². The number of benzene rings is 1. The van der Waals surface area contributed by atoms with E-state index in [1.165, 1.54) is 5.56 Å². The second kappa shape index (κ2) is 7.84. The van der Waals surface area contributed by atoms with Gasteiger partial charge in [-0.2, -0.15) is 17.0 Å². The first-order valence-electron chi connectivity index (χ1n) is 7.64. The standard InChI is InChI=1S/C17H24N2OS/c1-3-21-17(7-9-20-10-8-17)13-19-14(2)16-6-4-5-15(11-16)12-18/h4-6,11,14,19H,3,7-10,13H2,1-2H3. The largest absolute Gasteiger partial charge is 0.381 e. The second-order valence-electron chi connectivity index (χ2n) is 5.57. The highest BCUT2D eigenvalue weighted by Gasteiger charge is 2.32. The molecule has 114 valence electrons. The molecule has 1 aromatic rings. The molecule has 0 bridgehead atoms. The molecule has 0 aromatic heterocycles. The third kappa shape index (κ3) is 4.47. The maximum atomic E-state index is 9.00. The zero-order chi connectivity index (χ0) is 15.1. The van der Waals surface area contributed by atoms with Gasteiger partial charge in [-0.05, 0) is 43.2 Å². The van der Waals surface area contributed by atoms with Crippen LogP contribution in [0.2, 0.25) is 0 Å². The van der Waals surface area contributed by atoms with Crippen LogP contribution in [0.1, 0.15) is 43.9 Å². The minimum Gasteiger partial charge on any atom is -0.381 e. The van der Waals surface area contributed by atoms with E-state index in [9.17, 15) is 0 Å². The number of thioether (sulfide) groups is 1. The van der Waals surface area contributed by atoms with Crippen molar-refractivity contribution in [3.63, 3.8) is 0 Å². The molecule has 0 spiro atoms. The van der Waals surface area contributed by atoms with Crippen LogP contribution in [0.15, 0.2) is 24.3 Å². The molecule has 1 unspecified atom stereocenters. The third-order valence-corrected chi connectivity index (χ3v) is 5.55. The van der Waals surface area contributed by atoms with Crippen LogP contribution in [0.3, 0.4) is 0 Å². The minimum atomic E-state index is 0.260. The summed E-state index contributed by atoms with van der Waals surface area (Å²) < 4.78 is 5.82. The van der Waals surface area contributed by atoms with Gasteiger partial charge in [-0.25, -0.2) is 0 Å². The number of hydrogen-bond acceptors (Lipinski definition) is 4. The molecule has 3 nitrogen and oxygen atoms in total. The average molecular weight is 304 g/mol. The summed E-state index contributed by atoms with van der Waals surface area (Å²) in [5.74, 6) is 1.14. The number of nitrogens with zero attached hydrogens (tertiary/aromatic N) is 1. The van der Waals surface area contributed by atoms with Crippen LogP contribution >= 0.6 is 11.8 Å². The first-order valence-corrected chi connectivity index (χ1v) is 8.63. The fourth-order valence-electron chi connectivity index (χ4n) is 2.76. The van der Waals surface area contributed by atoms with Crippen LogP contribution in [-0.4, -0.2) is 30.3 Å². The molecular weight excluding hydrogens is 280 g/mol. The molecule has 1 fully saturated rings. The Balaban J connectivity index is 1.98. The van der Waals surface area contributed by atoms with Gasteiger partial charge in [0.05, 0.1) is 11.6 Å². The zero-order valence-corrected chi connectivity index (χ0v) is 13.7. The molecule has 0 saturated carbocycles. The van der Waals surface area contributed by atoms with Crippen molar-refractivity contribution in [2.75, 3.05) is 25.5 Å². The average Bonchev–Trinajstić information content (AvgIpc) is 2.54. The predicted molar refractivity (Wildman–Crippen MR) is 88.5 cm³/mol. The number of ether oxygens (including phenoxy) is 1. The van der Waals surface area contributed by atoms with Crippen molar-refractivity contribution in [2.24, 2.45) is 0 Å². The normalized spacial score (nSPS) is 18.9. The molecule has 2 rings (SSSR count). The highest BCUT2D eigenvalue weighted by Crippen LogP contribution is 2.35. The third-order valence-electron chi connectivity index (χ3n) is 4.10. The van der Waals surface area contributed by atoms with E-state index in [-0.39, 0.29) is 6.04 Å². The second-order valence-corrected chi connectivity index (χ2v) is 7.30. The van der Waals surface area contributed by atoms with Gasteiger partial charge in [-0.1, -0.05) is 19.1 Å². The van der Waals surface area contributed by atoms with Gasteiger partial charge in [0, 0.05) is 30.5 Å². The fourth-order valence-corrected chi connectivity index (χ4v) is 4.01. The molecule has 1 atom stereocenters. The molecule has 1 aliphatic rings. The van der Waals surface area contributed by atoms with Crippen LogP contribution in [-0.2, 0) is 4.74 Å². The van der Waals surface area contributed by atoms with E-state index in [4.69, 9.17) is 10.00 Å². The Morgan fingerprint density at radius 1 is 1.43 bits per heavy atom. The summed E-state index contributed by atoms with van der Waals surface area (Å²) in [7, 11) is 0. The Kier molecular flexibility index (Phi) is 6.10. The molecule has 0 amide bonds. The molecule has 1 saturated heterocycles. The van der Waals surface area contributed by atoms with E-state index in [0.29, 0.717) is 4.75 Å². The van der Waals surface area contributed by atoms with Gasteiger partial charge in [-0.3, -0.25) is 0 Å². The number of nitrogens with one attached hydrogen (secondary N) is 1. The molecule has 0 radical (unpaired) electrons. The lowest BCUT2D eigenvalue weighted by Crippen LogP contribution is -2.43. The Morgan fingerprint density at radius 2 is 2.19 bits per heavy atom. The van der Waals surface area contributed by atoms with Crippen LogP contribution in [0.4, 0.5) is 0 Å². The monoisotopic (exact) mass is 304 g/mol. The first-order chi connectivity index (χ1) is 10.2. The van der Waals surface area contributed by atoms with E-state index in [0.717, 1.165) is 43.9 Å². The SMILES string of the molecule is CCSC1(CNC(C)c2cccc(C#N)c2)CCOCC1. The van der Waals surface area contributed by atoms with Crippen molar-refractivity contribution in [2.45, 2.75) is 37.5 Å². The topological polar surface area (TPSA) is 45.0 Å². The van der Waals surface area contributed by atoms with Gasteiger partial charge in [-0.15, -0.1) is 0 Å². The molecule has 1 aromatic carbocycles. The van der Waals surface area contributed by atoms with E-state index in [2.05, 4.69) is 31.3 Å². The Labute approximate surface area is 132 Å². The van der Waals surface area contributed by atoms with E-state index in [1.54, 1.807) is 0 Å². The maximum absolute atomic E-state index is 9.00. The minimum absolute atomic E-state index is 0.260. The van der Waals surface area contributed by atoms with Gasteiger partial charge >= 0.3 is 0 Å². The highest BCUT2D eigenvalue weighted by molar-refractivity contribution is 8.00. The van der Waals surface area contributed by atoms with Gasteiger partial charge in [0.15, 0.2) is 0 Å². The van der Waals surface area contributed by atoms with E-state index in [1.807, 2.05) is 30.0 Å². The van der Waals surface area contributed by atoms with Crippen molar-refractivity contribution >= 4 is 11.8 Å². The van der Waals surface area contributed by atoms with Crippen molar-refractivity contribution < 1.29 is 4.74 Å². The lowest BCUT2D eigenvalue weighted by atomic mass is 9.97. The zero-order valence-electron chi connectivity index (χ0n) is 12.9. The maximum Gasteiger partial charge on any atom is 0.0991 e. The Hall–Kier alpha value is -1.02. The van der Waals surface area contributed by atoms with Crippen molar-refractivity contribution in [3.05, 3.63) is 35.4 Å². The summed E-state index contributed by atoms with van der Waals surface area (Å²) >= 11 is 2.05. The summed E-state index contributed by atoms with van der Waals surface area (Å²) in [6, 6.07) is 10.3. The molecule has 0 aliphatic carbocycles. The van der Waals surface area contributed by atoms with Crippen molar-refractivity contribution in [3.8, 4) is 6.07 Å². The van der Waals surface area contributed by atoms with E-state index < -0.39 is 0 Å². The first kappa shape index (κ1) is 16.4. The number of hydrogen-bond donors (Lipinski definition) is 1. The summed E-state index contributed by atoms with van der Waals surface area (Å²) in [5, 5.41) is 12.7. The number of nitriles is 1. The van der Waals surface area contributed by atoms with E-state index >= 15 is 0 Å². The highest BCUT2D eigenvalue weighted by atomic mass is 32.2. The molecule has 1 N–H and O–H groups in total. The quantitative estimate of drug-likeness (QED) is 0.873. The van der Waals surface area contributed by atoms with Crippen LogP contribution in [0.5, 0.6) is 0 Å². The molecule has 1 aliphatic heterocycles.